The van der Waals surface area contributed by atoms with Crippen LogP contribution < -0.4 is 5.73 Å². The van der Waals surface area contributed by atoms with Crippen LogP contribution in [0.25, 0.3) is 11.2 Å². The summed E-state index contributed by atoms with van der Waals surface area (Å²) in [6, 6.07) is 4.49. The zero-order valence-corrected chi connectivity index (χ0v) is 10.3. The van der Waals surface area contributed by atoms with E-state index in [4.69, 9.17) is 10.7 Å². The second-order valence-corrected chi connectivity index (χ2v) is 5.15. The maximum atomic E-state index is 6.36. The standard InChI is InChI=1S/C13H18N4/c1-3-13(2,14)12-16-10-5-4-8-15-11(10)17(12)9-6-7-9/h4-5,8-9H,3,6-7,14H2,1-2H3. The number of fused-ring (bicyclic) bond motifs is 1. The summed E-state index contributed by atoms with van der Waals surface area (Å²) in [7, 11) is 0. The minimum absolute atomic E-state index is 0.372. The molecule has 0 saturated heterocycles. The van der Waals surface area contributed by atoms with E-state index >= 15 is 0 Å². The smallest absolute Gasteiger partial charge is 0.160 e. The summed E-state index contributed by atoms with van der Waals surface area (Å²) >= 11 is 0. The van der Waals surface area contributed by atoms with Crippen molar-refractivity contribution < 1.29 is 0 Å². The van der Waals surface area contributed by atoms with Crippen LogP contribution >= 0.6 is 0 Å². The number of imidazole rings is 1. The maximum absolute atomic E-state index is 6.36. The highest BCUT2D eigenvalue weighted by molar-refractivity contribution is 5.71. The van der Waals surface area contributed by atoms with E-state index < -0.39 is 0 Å². The van der Waals surface area contributed by atoms with Crippen LogP contribution in [0.2, 0.25) is 0 Å². The molecule has 2 N–H and O–H groups in total. The number of hydrogen-bond acceptors (Lipinski definition) is 3. The van der Waals surface area contributed by atoms with E-state index in [1.54, 1.807) is 0 Å². The van der Waals surface area contributed by atoms with Crippen molar-refractivity contribution in [3.8, 4) is 0 Å². The normalized spacial score (nSPS) is 19.5. The van der Waals surface area contributed by atoms with Gasteiger partial charge < -0.3 is 10.3 Å². The van der Waals surface area contributed by atoms with E-state index in [-0.39, 0.29) is 5.54 Å². The number of rotatable bonds is 3. The van der Waals surface area contributed by atoms with Gasteiger partial charge in [-0.05, 0) is 38.3 Å². The number of hydrogen-bond donors (Lipinski definition) is 1. The van der Waals surface area contributed by atoms with Crippen molar-refractivity contribution in [1.82, 2.24) is 14.5 Å². The molecule has 0 amide bonds. The van der Waals surface area contributed by atoms with Crippen molar-refractivity contribution in [2.24, 2.45) is 5.73 Å². The maximum Gasteiger partial charge on any atom is 0.160 e. The Bertz CT molecular complexity index is 552. The zero-order chi connectivity index (χ0) is 12.0. The monoisotopic (exact) mass is 230 g/mol. The van der Waals surface area contributed by atoms with Crippen LogP contribution in [0.1, 0.15) is 45.0 Å². The van der Waals surface area contributed by atoms with Crippen LogP contribution in [-0.4, -0.2) is 14.5 Å². The molecule has 0 aromatic carbocycles. The Balaban J connectivity index is 2.26. The first-order chi connectivity index (χ1) is 8.13. The summed E-state index contributed by atoms with van der Waals surface area (Å²) in [5.74, 6) is 0.983. The van der Waals surface area contributed by atoms with E-state index in [0.29, 0.717) is 6.04 Å². The van der Waals surface area contributed by atoms with E-state index in [0.717, 1.165) is 23.4 Å². The quantitative estimate of drug-likeness (QED) is 0.880. The van der Waals surface area contributed by atoms with Gasteiger partial charge in [-0.1, -0.05) is 6.92 Å². The first-order valence-corrected chi connectivity index (χ1v) is 6.26. The predicted molar refractivity (Wildman–Crippen MR) is 67.6 cm³/mol. The Morgan fingerprint density at radius 3 is 2.94 bits per heavy atom. The van der Waals surface area contributed by atoms with Crippen LogP contribution in [0.15, 0.2) is 18.3 Å². The Morgan fingerprint density at radius 2 is 2.29 bits per heavy atom. The third-order valence-corrected chi connectivity index (χ3v) is 3.61. The summed E-state index contributed by atoms with van der Waals surface area (Å²) in [5.41, 5.74) is 7.92. The minimum Gasteiger partial charge on any atom is -0.319 e. The van der Waals surface area contributed by atoms with Gasteiger partial charge in [0.2, 0.25) is 0 Å². The van der Waals surface area contributed by atoms with Crippen LogP contribution in [0.5, 0.6) is 0 Å². The lowest BCUT2D eigenvalue weighted by molar-refractivity contribution is 0.423. The number of nitrogens with zero attached hydrogens (tertiary/aromatic N) is 3. The molecule has 1 aliphatic carbocycles. The lowest BCUT2D eigenvalue weighted by Crippen LogP contribution is -2.35. The summed E-state index contributed by atoms with van der Waals surface area (Å²) < 4.78 is 2.25. The molecule has 0 spiro atoms. The van der Waals surface area contributed by atoms with Gasteiger partial charge in [0.25, 0.3) is 0 Å². The number of nitrogens with two attached hydrogens (primary N) is 1. The Kier molecular flexibility index (Phi) is 2.23. The fraction of sp³-hybridized carbons (Fsp3) is 0.538. The Hall–Kier alpha value is -1.42. The van der Waals surface area contributed by atoms with E-state index in [2.05, 4.69) is 16.5 Å². The third kappa shape index (κ3) is 1.63. The molecule has 1 unspecified atom stereocenters. The predicted octanol–water partition coefficient (Wildman–Crippen LogP) is 2.35. The van der Waals surface area contributed by atoms with Gasteiger partial charge in [-0.3, -0.25) is 0 Å². The summed E-state index contributed by atoms with van der Waals surface area (Å²) in [4.78, 5) is 9.15. The van der Waals surface area contributed by atoms with Crippen molar-refractivity contribution in [2.45, 2.75) is 44.7 Å². The average Bonchev–Trinajstić information content (AvgIpc) is 3.09. The molecular formula is C13H18N4. The van der Waals surface area contributed by atoms with Crippen molar-refractivity contribution in [1.29, 1.82) is 0 Å². The Morgan fingerprint density at radius 1 is 1.53 bits per heavy atom. The number of pyridine rings is 1. The molecule has 1 atom stereocenters. The SMILES string of the molecule is CCC(C)(N)c1nc2cccnc2n1C1CC1. The molecule has 3 rings (SSSR count). The van der Waals surface area contributed by atoms with E-state index in [1.807, 2.05) is 25.3 Å². The molecule has 0 aliphatic heterocycles. The molecule has 0 radical (unpaired) electrons. The topological polar surface area (TPSA) is 56.7 Å². The van der Waals surface area contributed by atoms with Gasteiger partial charge in [0.15, 0.2) is 5.65 Å². The molecule has 1 aliphatic rings. The highest BCUT2D eigenvalue weighted by atomic mass is 15.2. The van der Waals surface area contributed by atoms with Crippen molar-refractivity contribution in [2.75, 3.05) is 0 Å². The van der Waals surface area contributed by atoms with Crippen molar-refractivity contribution >= 4 is 11.2 Å². The van der Waals surface area contributed by atoms with Crippen molar-refractivity contribution in [3.63, 3.8) is 0 Å². The number of aromatic nitrogens is 3. The summed E-state index contributed by atoms with van der Waals surface area (Å²) in [6.07, 6.45) is 5.14. The zero-order valence-electron chi connectivity index (χ0n) is 10.3. The summed E-state index contributed by atoms with van der Waals surface area (Å²) in [6.45, 7) is 4.15. The fourth-order valence-electron chi connectivity index (χ4n) is 2.17. The molecule has 1 fully saturated rings. The Labute approximate surface area is 101 Å². The highest BCUT2D eigenvalue weighted by Crippen LogP contribution is 2.40. The molecule has 4 nitrogen and oxygen atoms in total. The largest absolute Gasteiger partial charge is 0.319 e. The second-order valence-electron chi connectivity index (χ2n) is 5.15. The molecule has 17 heavy (non-hydrogen) atoms. The minimum atomic E-state index is -0.372. The first-order valence-electron chi connectivity index (χ1n) is 6.26. The molecule has 2 aromatic heterocycles. The molecule has 1 saturated carbocycles. The first kappa shape index (κ1) is 10.7. The second kappa shape index (κ2) is 3.53. The van der Waals surface area contributed by atoms with Gasteiger partial charge >= 0.3 is 0 Å². The average molecular weight is 230 g/mol. The molecule has 90 valence electrons. The molecule has 4 heteroatoms. The fourth-order valence-corrected chi connectivity index (χ4v) is 2.17. The van der Waals surface area contributed by atoms with Gasteiger partial charge in [0, 0.05) is 12.2 Å². The van der Waals surface area contributed by atoms with E-state index in [9.17, 15) is 0 Å². The lowest BCUT2D eigenvalue weighted by atomic mass is 9.99. The third-order valence-electron chi connectivity index (χ3n) is 3.61. The van der Waals surface area contributed by atoms with Crippen LogP contribution in [0.3, 0.4) is 0 Å². The molecule has 2 heterocycles. The highest BCUT2D eigenvalue weighted by Gasteiger charge is 2.34. The van der Waals surface area contributed by atoms with Gasteiger partial charge in [0.1, 0.15) is 11.3 Å². The summed E-state index contributed by atoms with van der Waals surface area (Å²) in [5, 5.41) is 0. The van der Waals surface area contributed by atoms with Gasteiger partial charge in [-0.25, -0.2) is 9.97 Å². The van der Waals surface area contributed by atoms with Gasteiger partial charge in [-0.2, -0.15) is 0 Å². The van der Waals surface area contributed by atoms with Crippen molar-refractivity contribution in [3.05, 3.63) is 24.2 Å². The van der Waals surface area contributed by atoms with E-state index in [1.165, 1.54) is 12.8 Å². The van der Waals surface area contributed by atoms with Gasteiger partial charge in [0.05, 0.1) is 5.54 Å². The van der Waals surface area contributed by atoms with Crippen LogP contribution in [0.4, 0.5) is 0 Å². The van der Waals surface area contributed by atoms with Crippen LogP contribution in [-0.2, 0) is 5.54 Å². The molecular weight excluding hydrogens is 212 g/mol. The lowest BCUT2D eigenvalue weighted by Gasteiger charge is -2.23. The molecule has 2 aromatic rings. The molecule has 0 bridgehead atoms. The van der Waals surface area contributed by atoms with Crippen LogP contribution in [0, 0.1) is 0 Å². The van der Waals surface area contributed by atoms with Gasteiger partial charge in [-0.15, -0.1) is 0 Å².